The smallest absolute Gasteiger partial charge is 0.311 e. The minimum atomic E-state index is -2.00. The van der Waals surface area contributed by atoms with Gasteiger partial charge in [0, 0.05) is 5.56 Å². The van der Waals surface area contributed by atoms with Crippen molar-refractivity contribution in [2.45, 2.75) is 19.6 Å². The van der Waals surface area contributed by atoms with Gasteiger partial charge in [-0.15, -0.1) is 0 Å². The Labute approximate surface area is 89.5 Å². The average Bonchev–Trinajstić information content (AvgIpc) is 2.14. The van der Waals surface area contributed by atoms with Crippen molar-refractivity contribution in [3.63, 3.8) is 0 Å². The molecule has 0 bridgehead atoms. The second-order valence-corrected chi connectivity index (χ2v) is 8.60. The van der Waals surface area contributed by atoms with E-state index in [0.717, 1.165) is 0 Å². The van der Waals surface area contributed by atoms with E-state index in [1.807, 2.05) is 19.6 Å². The summed E-state index contributed by atoms with van der Waals surface area (Å²) < 4.78 is 30.7. The third-order valence-corrected chi connectivity index (χ3v) is 2.43. The van der Waals surface area contributed by atoms with Crippen molar-refractivity contribution in [3.8, 4) is 0 Å². The molecule has 0 aliphatic rings. The van der Waals surface area contributed by atoms with Gasteiger partial charge in [-0.2, -0.15) is 8.78 Å². The van der Waals surface area contributed by atoms with Crippen LogP contribution in [0.2, 0.25) is 19.6 Å². The van der Waals surface area contributed by atoms with Gasteiger partial charge >= 0.3 is 6.08 Å². The number of hydrogen-bond donors (Lipinski definition) is 0. The molecule has 1 nitrogen and oxygen atoms in total. The Balaban J connectivity index is 3.02. The van der Waals surface area contributed by atoms with Gasteiger partial charge < -0.3 is 4.43 Å². The van der Waals surface area contributed by atoms with E-state index in [1.54, 1.807) is 30.3 Å². The second kappa shape index (κ2) is 4.57. The summed E-state index contributed by atoms with van der Waals surface area (Å²) in [5.74, 6) is -0.283. The molecule has 0 heterocycles. The summed E-state index contributed by atoms with van der Waals surface area (Å²) in [6.45, 7) is 5.62. The van der Waals surface area contributed by atoms with Crippen LogP contribution in [0.4, 0.5) is 8.78 Å². The maximum atomic E-state index is 12.7. The molecular formula is C11H14F2OSi. The highest BCUT2D eigenvalue weighted by molar-refractivity contribution is 6.70. The van der Waals surface area contributed by atoms with Crippen LogP contribution in [0.15, 0.2) is 36.4 Å². The van der Waals surface area contributed by atoms with Gasteiger partial charge in [0.2, 0.25) is 8.32 Å². The largest absolute Gasteiger partial charge is 0.540 e. The lowest BCUT2D eigenvalue weighted by Crippen LogP contribution is -2.24. The fourth-order valence-electron chi connectivity index (χ4n) is 1.10. The topological polar surface area (TPSA) is 9.23 Å². The Hall–Kier alpha value is -1.16. The molecule has 0 amide bonds. The summed E-state index contributed by atoms with van der Waals surface area (Å²) >= 11 is 0. The zero-order valence-electron chi connectivity index (χ0n) is 9.05. The average molecular weight is 228 g/mol. The molecule has 0 saturated heterocycles. The molecule has 0 atom stereocenters. The quantitative estimate of drug-likeness (QED) is 0.559. The van der Waals surface area contributed by atoms with Gasteiger partial charge in [-0.25, -0.2) is 0 Å². The summed E-state index contributed by atoms with van der Waals surface area (Å²) in [6.07, 6.45) is -1.76. The Morgan fingerprint density at radius 3 is 2.00 bits per heavy atom. The van der Waals surface area contributed by atoms with Gasteiger partial charge in [0.15, 0.2) is 5.76 Å². The van der Waals surface area contributed by atoms with Crippen LogP contribution >= 0.6 is 0 Å². The second-order valence-electron chi connectivity index (χ2n) is 4.17. The van der Waals surface area contributed by atoms with E-state index < -0.39 is 14.4 Å². The lowest BCUT2D eigenvalue weighted by molar-refractivity contribution is 0.384. The fraction of sp³-hybridized carbons (Fsp3) is 0.273. The molecule has 0 fully saturated rings. The molecule has 82 valence electrons. The van der Waals surface area contributed by atoms with Crippen LogP contribution < -0.4 is 0 Å². The summed E-state index contributed by atoms with van der Waals surface area (Å²) in [5.41, 5.74) is 0.430. The molecule has 0 unspecified atom stereocenters. The third-order valence-electron chi connectivity index (χ3n) is 1.62. The van der Waals surface area contributed by atoms with E-state index in [9.17, 15) is 8.78 Å². The molecule has 0 aliphatic heterocycles. The maximum absolute atomic E-state index is 12.7. The van der Waals surface area contributed by atoms with Crippen LogP contribution in [0.1, 0.15) is 5.56 Å². The minimum absolute atomic E-state index is 0.283. The van der Waals surface area contributed by atoms with E-state index in [-0.39, 0.29) is 5.76 Å². The summed E-state index contributed by atoms with van der Waals surface area (Å²) in [7, 11) is -2.00. The minimum Gasteiger partial charge on any atom is -0.540 e. The Bertz CT molecular complexity index is 351. The normalized spacial score (nSPS) is 11.0. The van der Waals surface area contributed by atoms with Crippen LogP contribution in [-0.4, -0.2) is 8.32 Å². The van der Waals surface area contributed by atoms with Crippen molar-refractivity contribution in [2.75, 3.05) is 0 Å². The van der Waals surface area contributed by atoms with Crippen molar-refractivity contribution in [3.05, 3.63) is 42.0 Å². The first-order chi connectivity index (χ1) is 6.90. The predicted octanol–water partition coefficient (Wildman–Crippen LogP) is 4.10. The van der Waals surface area contributed by atoms with Crippen LogP contribution in [0.25, 0.3) is 5.76 Å². The third kappa shape index (κ3) is 3.83. The molecular weight excluding hydrogens is 214 g/mol. The molecule has 0 radical (unpaired) electrons. The first-order valence-electron chi connectivity index (χ1n) is 4.70. The van der Waals surface area contributed by atoms with Gasteiger partial charge in [-0.1, -0.05) is 30.3 Å². The summed E-state index contributed by atoms with van der Waals surface area (Å²) in [4.78, 5) is 0. The fourth-order valence-corrected chi connectivity index (χ4v) is 1.91. The van der Waals surface area contributed by atoms with Crippen molar-refractivity contribution >= 4 is 14.1 Å². The molecule has 15 heavy (non-hydrogen) atoms. The number of hydrogen-bond acceptors (Lipinski definition) is 1. The molecule has 4 heteroatoms. The zero-order chi connectivity index (χ0) is 11.5. The lowest BCUT2D eigenvalue weighted by atomic mass is 10.2. The zero-order valence-corrected chi connectivity index (χ0v) is 10.1. The molecule has 0 saturated carbocycles. The van der Waals surface area contributed by atoms with Crippen molar-refractivity contribution < 1.29 is 13.2 Å². The van der Waals surface area contributed by atoms with E-state index >= 15 is 0 Å². The van der Waals surface area contributed by atoms with Gasteiger partial charge in [-0.05, 0) is 19.6 Å². The number of benzene rings is 1. The van der Waals surface area contributed by atoms with Crippen molar-refractivity contribution in [2.24, 2.45) is 0 Å². The maximum Gasteiger partial charge on any atom is 0.311 e. The van der Waals surface area contributed by atoms with Gasteiger partial charge in [0.1, 0.15) is 0 Å². The first kappa shape index (κ1) is 11.9. The van der Waals surface area contributed by atoms with E-state index in [1.165, 1.54) is 0 Å². The Morgan fingerprint density at radius 2 is 1.60 bits per heavy atom. The van der Waals surface area contributed by atoms with Crippen molar-refractivity contribution in [1.82, 2.24) is 0 Å². The Morgan fingerprint density at radius 1 is 1.07 bits per heavy atom. The predicted molar refractivity (Wildman–Crippen MR) is 60.0 cm³/mol. The standard InChI is InChI=1S/C11H14F2OSi/c1-15(2,3)14-10(11(12)13)9-7-5-4-6-8-9/h4-8H,1-3H3. The highest BCUT2D eigenvalue weighted by atomic mass is 28.4. The monoisotopic (exact) mass is 228 g/mol. The number of halogens is 2. The molecule has 0 aliphatic carbocycles. The summed E-state index contributed by atoms with van der Waals surface area (Å²) in [5, 5.41) is 0. The molecule has 0 aromatic heterocycles. The van der Waals surface area contributed by atoms with Crippen LogP contribution in [0, 0.1) is 0 Å². The summed E-state index contributed by atoms with van der Waals surface area (Å²) in [6, 6.07) is 8.45. The molecule has 0 spiro atoms. The van der Waals surface area contributed by atoms with Crippen LogP contribution in [0.3, 0.4) is 0 Å². The lowest BCUT2D eigenvalue weighted by Gasteiger charge is -2.21. The van der Waals surface area contributed by atoms with Gasteiger partial charge in [0.05, 0.1) is 0 Å². The first-order valence-corrected chi connectivity index (χ1v) is 8.11. The molecule has 1 aromatic rings. The molecule has 1 aromatic carbocycles. The van der Waals surface area contributed by atoms with Gasteiger partial charge in [-0.3, -0.25) is 0 Å². The Kier molecular flexibility index (Phi) is 3.63. The van der Waals surface area contributed by atoms with E-state index in [4.69, 9.17) is 4.43 Å². The van der Waals surface area contributed by atoms with E-state index in [2.05, 4.69) is 0 Å². The van der Waals surface area contributed by atoms with Gasteiger partial charge in [0.25, 0.3) is 0 Å². The highest BCUT2D eigenvalue weighted by Gasteiger charge is 2.21. The van der Waals surface area contributed by atoms with E-state index in [0.29, 0.717) is 5.56 Å². The van der Waals surface area contributed by atoms with Crippen molar-refractivity contribution in [1.29, 1.82) is 0 Å². The highest BCUT2D eigenvalue weighted by Crippen LogP contribution is 2.25. The van der Waals surface area contributed by atoms with Crippen LogP contribution in [-0.2, 0) is 4.43 Å². The van der Waals surface area contributed by atoms with Crippen LogP contribution in [0.5, 0.6) is 0 Å². The number of rotatable bonds is 3. The molecule has 1 rings (SSSR count). The SMILES string of the molecule is C[Si](C)(C)OC(=C(F)F)c1ccccc1. The molecule has 0 N–H and O–H groups in total.